The summed E-state index contributed by atoms with van der Waals surface area (Å²) in [4.78, 5) is 0. The minimum Gasteiger partial charge on any atom is -0.494 e. The molecule has 5 heteroatoms. The standard InChI is InChI=1S/C23H23F3O2/c1-3-28-20-12-11-18(14-19(20)24)16-7-4-15(5-8-16)6-9-17-10-13-21(27-2)23(26)22(17)25/h10-16H,3-5,7-8H2,1-2H3. The molecule has 0 heterocycles. The van der Waals surface area contributed by atoms with Crippen molar-refractivity contribution >= 4 is 0 Å². The first-order chi connectivity index (χ1) is 13.5. The molecule has 1 fully saturated rings. The largest absolute Gasteiger partial charge is 0.494 e. The summed E-state index contributed by atoms with van der Waals surface area (Å²) < 4.78 is 51.9. The van der Waals surface area contributed by atoms with E-state index >= 15 is 0 Å². The second kappa shape index (κ2) is 9.05. The quantitative estimate of drug-likeness (QED) is 0.613. The molecule has 0 unspecified atom stereocenters. The molecule has 0 amide bonds. The van der Waals surface area contributed by atoms with Gasteiger partial charge in [-0.1, -0.05) is 17.9 Å². The fourth-order valence-corrected chi connectivity index (χ4v) is 3.58. The Kier molecular flexibility index (Phi) is 6.51. The van der Waals surface area contributed by atoms with Crippen molar-refractivity contribution < 1.29 is 22.6 Å². The van der Waals surface area contributed by atoms with Crippen molar-refractivity contribution in [3.8, 4) is 23.3 Å². The summed E-state index contributed by atoms with van der Waals surface area (Å²) in [6.07, 6.45) is 3.44. The Morgan fingerprint density at radius 3 is 2.32 bits per heavy atom. The van der Waals surface area contributed by atoms with Gasteiger partial charge in [0.15, 0.2) is 23.1 Å². The topological polar surface area (TPSA) is 18.5 Å². The number of halogens is 3. The van der Waals surface area contributed by atoms with Crippen LogP contribution in [0.25, 0.3) is 0 Å². The number of ether oxygens (including phenoxy) is 2. The van der Waals surface area contributed by atoms with Crippen LogP contribution >= 0.6 is 0 Å². The van der Waals surface area contributed by atoms with Crippen LogP contribution in [0.4, 0.5) is 13.2 Å². The molecule has 0 N–H and O–H groups in total. The van der Waals surface area contributed by atoms with Gasteiger partial charge in [-0.05, 0) is 68.4 Å². The Balaban J connectivity index is 1.63. The predicted octanol–water partition coefficient (Wildman–Crippen LogP) is 5.84. The highest BCUT2D eigenvalue weighted by Gasteiger charge is 2.22. The average molecular weight is 388 g/mol. The summed E-state index contributed by atoms with van der Waals surface area (Å²) in [6.45, 7) is 2.25. The molecule has 1 aliphatic carbocycles. The molecule has 0 bridgehead atoms. The van der Waals surface area contributed by atoms with Crippen LogP contribution in [0.5, 0.6) is 11.5 Å². The molecule has 3 rings (SSSR count). The van der Waals surface area contributed by atoms with E-state index in [2.05, 4.69) is 11.8 Å². The summed E-state index contributed by atoms with van der Waals surface area (Å²) in [5, 5.41) is 0. The first kappa shape index (κ1) is 20.1. The Labute approximate surface area is 163 Å². The summed E-state index contributed by atoms with van der Waals surface area (Å²) in [5.74, 6) is 4.03. The second-order valence-electron chi connectivity index (χ2n) is 6.88. The molecule has 0 atom stereocenters. The molecule has 1 saturated carbocycles. The summed E-state index contributed by atoms with van der Waals surface area (Å²) in [6, 6.07) is 7.96. The van der Waals surface area contributed by atoms with Gasteiger partial charge in [0.25, 0.3) is 0 Å². The van der Waals surface area contributed by atoms with Gasteiger partial charge in [0, 0.05) is 5.92 Å². The summed E-state index contributed by atoms with van der Waals surface area (Å²) in [5.41, 5.74) is 1.00. The van der Waals surface area contributed by atoms with E-state index in [-0.39, 0.29) is 34.7 Å². The van der Waals surface area contributed by atoms with Gasteiger partial charge < -0.3 is 9.47 Å². The minimum atomic E-state index is -1.02. The Morgan fingerprint density at radius 1 is 0.964 bits per heavy atom. The molecule has 0 aromatic heterocycles. The fraction of sp³-hybridized carbons (Fsp3) is 0.391. The van der Waals surface area contributed by atoms with E-state index in [9.17, 15) is 13.2 Å². The summed E-state index contributed by atoms with van der Waals surface area (Å²) >= 11 is 0. The van der Waals surface area contributed by atoms with Crippen LogP contribution in [0.3, 0.4) is 0 Å². The monoisotopic (exact) mass is 388 g/mol. The van der Waals surface area contributed by atoms with Crippen LogP contribution in [0.15, 0.2) is 30.3 Å². The second-order valence-corrected chi connectivity index (χ2v) is 6.88. The third kappa shape index (κ3) is 4.44. The van der Waals surface area contributed by atoms with E-state index in [1.165, 1.54) is 19.2 Å². The highest BCUT2D eigenvalue weighted by atomic mass is 19.2. The van der Waals surface area contributed by atoms with Crippen molar-refractivity contribution in [3.63, 3.8) is 0 Å². The fourth-order valence-electron chi connectivity index (χ4n) is 3.58. The van der Waals surface area contributed by atoms with E-state index < -0.39 is 11.6 Å². The smallest absolute Gasteiger partial charge is 0.201 e. The molecule has 2 nitrogen and oxygen atoms in total. The molecular formula is C23H23F3O2. The predicted molar refractivity (Wildman–Crippen MR) is 102 cm³/mol. The SMILES string of the molecule is CCOc1ccc(C2CCC(C#Cc3ccc(OC)c(F)c3F)CC2)cc1F. The van der Waals surface area contributed by atoms with Crippen molar-refractivity contribution in [1.82, 2.24) is 0 Å². The molecule has 0 saturated heterocycles. The van der Waals surface area contributed by atoms with Gasteiger partial charge >= 0.3 is 0 Å². The molecular weight excluding hydrogens is 365 g/mol. The maximum atomic E-state index is 14.1. The Bertz CT molecular complexity index is 891. The molecule has 2 aromatic rings. The van der Waals surface area contributed by atoms with Gasteiger partial charge in [0.1, 0.15) is 0 Å². The van der Waals surface area contributed by atoms with Crippen molar-refractivity contribution in [2.45, 2.75) is 38.5 Å². The Morgan fingerprint density at radius 2 is 1.68 bits per heavy atom. The van der Waals surface area contributed by atoms with Crippen LogP contribution in [-0.2, 0) is 0 Å². The van der Waals surface area contributed by atoms with Crippen molar-refractivity contribution in [2.75, 3.05) is 13.7 Å². The van der Waals surface area contributed by atoms with E-state index in [0.29, 0.717) is 6.61 Å². The number of hydrogen-bond donors (Lipinski definition) is 0. The highest BCUT2D eigenvalue weighted by molar-refractivity contribution is 5.41. The first-order valence-corrected chi connectivity index (χ1v) is 9.49. The van der Waals surface area contributed by atoms with Gasteiger partial charge in [0.05, 0.1) is 19.3 Å². The number of benzene rings is 2. The van der Waals surface area contributed by atoms with E-state index in [1.807, 2.05) is 13.0 Å². The lowest BCUT2D eigenvalue weighted by Gasteiger charge is -2.26. The third-order valence-electron chi connectivity index (χ3n) is 5.13. The van der Waals surface area contributed by atoms with Crippen LogP contribution in [0.2, 0.25) is 0 Å². The van der Waals surface area contributed by atoms with Gasteiger partial charge in [-0.3, -0.25) is 0 Å². The number of hydrogen-bond acceptors (Lipinski definition) is 2. The molecule has 148 valence electrons. The lowest BCUT2D eigenvalue weighted by molar-refractivity contribution is 0.320. The molecule has 0 radical (unpaired) electrons. The van der Waals surface area contributed by atoms with Crippen LogP contribution in [0.1, 0.15) is 49.7 Å². The van der Waals surface area contributed by atoms with Crippen LogP contribution in [-0.4, -0.2) is 13.7 Å². The zero-order valence-corrected chi connectivity index (χ0v) is 16.0. The normalized spacial score (nSPS) is 18.9. The van der Waals surface area contributed by atoms with Crippen LogP contribution < -0.4 is 9.47 Å². The third-order valence-corrected chi connectivity index (χ3v) is 5.13. The zero-order valence-electron chi connectivity index (χ0n) is 16.0. The van der Waals surface area contributed by atoms with Crippen LogP contribution in [0, 0.1) is 35.2 Å². The van der Waals surface area contributed by atoms with E-state index in [4.69, 9.17) is 9.47 Å². The molecule has 28 heavy (non-hydrogen) atoms. The van der Waals surface area contributed by atoms with Gasteiger partial charge in [0.2, 0.25) is 5.82 Å². The summed E-state index contributed by atoms with van der Waals surface area (Å²) in [7, 11) is 1.29. The lowest BCUT2D eigenvalue weighted by Crippen LogP contribution is -2.12. The van der Waals surface area contributed by atoms with Gasteiger partial charge in [-0.25, -0.2) is 8.78 Å². The molecule has 1 aliphatic rings. The minimum absolute atomic E-state index is 0.0361. The van der Waals surface area contributed by atoms with Crippen molar-refractivity contribution in [3.05, 3.63) is 58.9 Å². The highest BCUT2D eigenvalue weighted by Crippen LogP contribution is 2.37. The maximum Gasteiger partial charge on any atom is 0.201 e. The van der Waals surface area contributed by atoms with Crippen molar-refractivity contribution in [2.24, 2.45) is 5.92 Å². The van der Waals surface area contributed by atoms with Gasteiger partial charge in [-0.2, -0.15) is 4.39 Å². The Hall–Kier alpha value is -2.61. The van der Waals surface area contributed by atoms with E-state index in [0.717, 1.165) is 31.2 Å². The number of methoxy groups -OCH3 is 1. The lowest BCUT2D eigenvalue weighted by atomic mass is 9.79. The van der Waals surface area contributed by atoms with Crippen molar-refractivity contribution in [1.29, 1.82) is 0 Å². The first-order valence-electron chi connectivity index (χ1n) is 9.49. The molecule has 0 spiro atoms. The maximum absolute atomic E-state index is 14.1. The van der Waals surface area contributed by atoms with E-state index in [1.54, 1.807) is 12.1 Å². The average Bonchev–Trinajstić information content (AvgIpc) is 2.71. The van der Waals surface area contributed by atoms with Gasteiger partial charge in [-0.15, -0.1) is 0 Å². The molecule has 0 aliphatic heterocycles. The zero-order chi connectivity index (χ0) is 20.1. The molecule has 2 aromatic carbocycles. The number of rotatable bonds is 4.